The van der Waals surface area contributed by atoms with E-state index in [4.69, 9.17) is 20.3 Å². The molecule has 11 nitrogen and oxygen atoms in total. The van der Waals surface area contributed by atoms with E-state index in [2.05, 4.69) is 20.8 Å². The van der Waals surface area contributed by atoms with Crippen LogP contribution in [0.1, 0.15) is 43.3 Å². The van der Waals surface area contributed by atoms with Gasteiger partial charge in [0.2, 0.25) is 5.91 Å². The Balaban J connectivity index is 1.75. The number of carbonyl (C=O) groups is 2. The number of carbonyl (C=O) groups excluding carboxylic acids is 2. The molecule has 0 radical (unpaired) electrons. The summed E-state index contributed by atoms with van der Waals surface area (Å²) in [5.41, 5.74) is 7.15. The zero-order valence-corrected chi connectivity index (χ0v) is 19.9. The van der Waals surface area contributed by atoms with Crippen LogP contribution in [0.5, 0.6) is 0 Å². The van der Waals surface area contributed by atoms with Gasteiger partial charge in [-0.2, -0.15) is 0 Å². The van der Waals surface area contributed by atoms with E-state index >= 15 is 0 Å². The zero-order chi connectivity index (χ0) is 25.3. The van der Waals surface area contributed by atoms with Crippen LogP contribution in [0.15, 0.2) is 48.7 Å². The van der Waals surface area contributed by atoms with Gasteiger partial charge >= 0.3 is 6.09 Å². The Morgan fingerprint density at radius 2 is 1.89 bits per heavy atom. The van der Waals surface area contributed by atoms with Crippen molar-refractivity contribution in [2.75, 3.05) is 19.8 Å². The van der Waals surface area contributed by atoms with Crippen LogP contribution in [-0.4, -0.2) is 57.0 Å². The highest BCUT2D eigenvalue weighted by Gasteiger charge is 2.28. The summed E-state index contributed by atoms with van der Waals surface area (Å²) in [5.74, 6) is 0.0986. The summed E-state index contributed by atoms with van der Waals surface area (Å²) < 4.78 is 12.8. The number of benzene rings is 1. The van der Waals surface area contributed by atoms with E-state index in [9.17, 15) is 9.59 Å². The number of nitrogens with two attached hydrogens (primary N) is 1. The lowest BCUT2D eigenvalue weighted by molar-refractivity contribution is -0.126. The highest BCUT2D eigenvalue weighted by Crippen LogP contribution is 2.17. The number of alkyl carbamates (subject to hydrolysis) is 1. The summed E-state index contributed by atoms with van der Waals surface area (Å²) in [5, 5.41) is 22.7. The van der Waals surface area contributed by atoms with Gasteiger partial charge in [0.1, 0.15) is 12.6 Å². The molecule has 0 bridgehead atoms. The van der Waals surface area contributed by atoms with Crippen LogP contribution in [0.4, 0.5) is 4.79 Å². The number of pyridine rings is 1. The molecule has 0 aliphatic heterocycles. The fourth-order valence-electron chi connectivity index (χ4n) is 3.14. The van der Waals surface area contributed by atoms with Crippen LogP contribution in [0.25, 0.3) is 5.65 Å². The first-order chi connectivity index (χ1) is 16.8. The largest absolute Gasteiger partial charge is 0.445 e. The van der Waals surface area contributed by atoms with E-state index in [0.29, 0.717) is 36.6 Å². The molecule has 2 heterocycles. The normalized spacial score (nSPS) is 12.3. The second-order valence-electron chi connectivity index (χ2n) is 8.65. The van der Waals surface area contributed by atoms with Crippen LogP contribution >= 0.6 is 0 Å². The van der Waals surface area contributed by atoms with Crippen LogP contribution in [0, 0.1) is 0 Å². The quantitative estimate of drug-likeness (QED) is 0.282. The molecular weight excluding hydrogens is 452 g/mol. The van der Waals surface area contributed by atoms with Crippen LogP contribution in [0.3, 0.4) is 0 Å². The van der Waals surface area contributed by atoms with Gasteiger partial charge < -0.3 is 30.9 Å². The Hall–Kier alpha value is -3.54. The molecule has 0 aliphatic carbocycles. The summed E-state index contributed by atoms with van der Waals surface area (Å²) in [4.78, 5) is 24.5. The Bertz CT molecular complexity index is 1110. The predicted octanol–water partition coefficient (Wildman–Crippen LogP) is 1.45. The minimum Gasteiger partial charge on any atom is -0.445 e. The Morgan fingerprint density at radius 3 is 2.60 bits per heavy atom. The molecule has 0 fully saturated rings. The highest BCUT2D eigenvalue weighted by molar-refractivity contribution is 5.85. The first kappa shape index (κ1) is 26.1. The van der Waals surface area contributed by atoms with E-state index in [0.717, 1.165) is 5.56 Å². The molecule has 188 valence electrons. The van der Waals surface area contributed by atoms with Crippen molar-refractivity contribution in [2.24, 2.45) is 5.73 Å². The SMILES string of the molecule is CC(C)(N)C(=O)N[C@H](COCc1ccccc1)c1nnc2ccc(COC(=O)NCCCO)cn12. The van der Waals surface area contributed by atoms with Crippen molar-refractivity contribution in [3.63, 3.8) is 0 Å². The molecular formula is C24H32N6O5. The average Bonchev–Trinajstić information content (AvgIpc) is 3.25. The summed E-state index contributed by atoms with van der Waals surface area (Å²) in [6, 6.07) is 12.6. The number of fused-ring (bicyclic) bond motifs is 1. The summed E-state index contributed by atoms with van der Waals surface area (Å²) in [6.07, 6.45) is 1.62. The van der Waals surface area contributed by atoms with Gasteiger partial charge in [-0.1, -0.05) is 36.4 Å². The first-order valence-electron chi connectivity index (χ1n) is 11.3. The molecule has 11 heteroatoms. The van der Waals surface area contributed by atoms with E-state index in [-0.39, 0.29) is 25.7 Å². The van der Waals surface area contributed by atoms with Crippen molar-refractivity contribution in [3.05, 3.63) is 65.6 Å². The molecule has 0 saturated heterocycles. The molecule has 3 aromatic rings. The van der Waals surface area contributed by atoms with Gasteiger partial charge in [0, 0.05) is 24.9 Å². The fourth-order valence-corrected chi connectivity index (χ4v) is 3.14. The maximum atomic E-state index is 12.7. The topological polar surface area (TPSA) is 153 Å². The molecule has 2 aromatic heterocycles. The summed E-state index contributed by atoms with van der Waals surface area (Å²) >= 11 is 0. The number of rotatable bonds is 12. The maximum absolute atomic E-state index is 12.7. The third-order valence-electron chi connectivity index (χ3n) is 5.06. The van der Waals surface area contributed by atoms with E-state index in [1.807, 2.05) is 30.3 Å². The van der Waals surface area contributed by atoms with E-state index in [1.54, 1.807) is 36.6 Å². The Morgan fingerprint density at radius 1 is 1.11 bits per heavy atom. The average molecular weight is 485 g/mol. The van der Waals surface area contributed by atoms with Crippen LogP contribution in [-0.2, 0) is 27.5 Å². The number of amides is 2. The molecule has 35 heavy (non-hydrogen) atoms. The number of nitrogens with one attached hydrogen (secondary N) is 2. The third-order valence-corrected chi connectivity index (χ3v) is 5.06. The molecule has 1 aromatic carbocycles. The molecule has 2 amide bonds. The minimum absolute atomic E-state index is 0.0124. The molecule has 0 unspecified atom stereocenters. The predicted molar refractivity (Wildman–Crippen MR) is 128 cm³/mol. The number of aliphatic hydroxyl groups is 1. The second kappa shape index (κ2) is 12.2. The van der Waals surface area contributed by atoms with Gasteiger partial charge in [-0.25, -0.2) is 4.79 Å². The van der Waals surface area contributed by atoms with Crippen molar-refractivity contribution in [3.8, 4) is 0 Å². The van der Waals surface area contributed by atoms with Crippen molar-refractivity contribution in [1.29, 1.82) is 0 Å². The lowest BCUT2D eigenvalue weighted by atomic mass is 10.1. The fraction of sp³-hybridized carbons (Fsp3) is 0.417. The molecule has 0 saturated carbocycles. The van der Waals surface area contributed by atoms with Crippen LogP contribution < -0.4 is 16.4 Å². The number of aliphatic hydroxyl groups excluding tert-OH is 1. The van der Waals surface area contributed by atoms with Gasteiger partial charge in [-0.05, 0) is 31.9 Å². The number of aromatic nitrogens is 3. The number of hydrogen-bond donors (Lipinski definition) is 4. The number of hydrogen-bond acceptors (Lipinski definition) is 8. The highest BCUT2D eigenvalue weighted by atomic mass is 16.5. The maximum Gasteiger partial charge on any atom is 0.407 e. The van der Waals surface area contributed by atoms with Gasteiger partial charge in [-0.3, -0.25) is 9.20 Å². The van der Waals surface area contributed by atoms with Gasteiger partial charge in [0.05, 0.1) is 18.8 Å². The lowest BCUT2D eigenvalue weighted by Gasteiger charge is -2.23. The zero-order valence-electron chi connectivity index (χ0n) is 19.9. The number of nitrogens with zero attached hydrogens (tertiary/aromatic N) is 3. The standard InChI is InChI=1S/C24H32N6O5/c1-24(2,25)22(32)27-19(16-34-14-17-7-4-3-5-8-17)21-29-28-20-10-9-18(13-30(20)21)15-35-23(33)26-11-6-12-31/h3-5,7-10,13,19,31H,6,11-12,14-16,25H2,1-2H3,(H,26,33)(H,27,32)/t19-/m1/s1. The Labute approximate surface area is 203 Å². The molecule has 1 atom stereocenters. The monoisotopic (exact) mass is 484 g/mol. The Kier molecular flexibility index (Phi) is 9.12. The minimum atomic E-state index is -1.10. The van der Waals surface area contributed by atoms with E-state index < -0.39 is 17.7 Å². The van der Waals surface area contributed by atoms with Gasteiger partial charge in [0.15, 0.2) is 11.5 Å². The van der Waals surface area contributed by atoms with Crippen molar-refractivity contribution in [1.82, 2.24) is 25.2 Å². The molecule has 3 rings (SSSR count). The first-order valence-corrected chi connectivity index (χ1v) is 11.3. The van der Waals surface area contributed by atoms with Crippen molar-refractivity contribution < 1.29 is 24.2 Å². The van der Waals surface area contributed by atoms with Gasteiger partial charge in [-0.15, -0.1) is 10.2 Å². The second-order valence-corrected chi connectivity index (χ2v) is 8.65. The molecule has 5 N–H and O–H groups in total. The summed E-state index contributed by atoms with van der Waals surface area (Å²) in [7, 11) is 0. The number of ether oxygens (including phenoxy) is 2. The van der Waals surface area contributed by atoms with Crippen molar-refractivity contribution in [2.45, 2.75) is 45.1 Å². The smallest absolute Gasteiger partial charge is 0.407 e. The van der Waals surface area contributed by atoms with Crippen LogP contribution in [0.2, 0.25) is 0 Å². The third kappa shape index (κ3) is 7.74. The molecule has 0 spiro atoms. The van der Waals surface area contributed by atoms with E-state index in [1.165, 1.54) is 0 Å². The summed E-state index contributed by atoms with van der Waals surface area (Å²) in [6.45, 7) is 4.08. The lowest BCUT2D eigenvalue weighted by Crippen LogP contribution is -2.50. The molecule has 0 aliphatic rings. The van der Waals surface area contributed by atoms with Gasteiger partial charge in [0.25, 0.3) is 0 Å². The van der Waals surface area contributed by atoms with Crippen molar-refractivity contribution >= 4 is 17.6 Å².